The maximum atomic E-state index is 10.2. The number of nitrogens with zero attached hydrogens (tertiary/aromatic N) is 1. The Morgan fingerprint density at radius 1 is 1.28 bits per heavy atom. The minimum absolute atomic E-state index is 0.138. The largest absolute Gasteiger partial charge is 0.508 e. The summed E-state index contributed by atoms with van der Waals surface area (Å²) in [6.07, 6.45) is 0. The molecular weight excluding hydrogens is 228 g/mol. The van der Waals surface area contributed by atoms with E-state index in [1.54, 1.807) is 12.1 Å². The zero-order chi connectivity index (χ0) is 13.8. The van der Waals surface area contributed by atoms with Crippen molar-refractivity contribution in [2.75, 3.05) is 27.2 Å². The topological polar surface area (TPSA) is 55.7 Å². The van der Waals surface area contributed by atoms with Crippen molar-refractivity contribution in [3.05, 3.63) is 29.8 Å². The molecule has 0 spiro atoms. The second-order valence-electron chi connectivity index (χ2n) is 5.43. The number of likely N-dealkylation sites (N-methyl/N-ethyl adjacent to an activating group) is 1. The number of aliphatic hydroxyl groups is 1. The van der Waals surface area contributed by atoms with Crippen LogP contribution in [0.3, 0.4) is 0 Å². The predicted molar refractivity (Wildman–Crippen MR) is 73.7 cm³/mol. The lowest BCUT2D eigenvalue weighted by Gasteiger charge is -2.29. The van der Waals surface area contributed by atoms with Crippen LogP contribution in [0.15, 0.2) is 24.3 Å². The summed E-state index contributed by atoms with van der Waals surface area (Å²) in [4.78, 5) is 1.97. The van der Waals surface area contributed by atoms with Gasteiger partial charge in [-0.1, -0.05) is 12.1 Å². The van der Waals surface area contributed by atoms with Gasteiger partial charge in [-0.05, 0) is 45.6 Å². The average Bonchev–Trinajstić information content (AvgIpc) is 2.25. The Balaban J connectivity index is 2.50. The molecule has 0 bridgehead atoms. The Kier molecular flexibility index (Phi) is 5.14. The summed E-state index contributed by atoms with van der Waals surface area (Å²) < 4.78 is 0. The number of nitrogens with one attached hydrogen (secondary N) is 1. The van der Waals surface area contributed by atoms with E-state index < -0.39 is 5.60 Å². The van der Waals surface area contributed by atoms with E-state index in [1.165, 1.54) is 0 Å². The second-order valence-corrected chi connectivity index (χ2v) is 5.43. The molecule has 4 heteroatoms. The van der Waals surface area contributed by atoms with Gasteiger partial charge >= 0.3 is 0 Å². The molecule has 0 amide bonds. The molecule has 0 fully saturated rings. The molecule has 18 heavy (non-hydrogen) atoms. The number of benzene rings is 1. The lowest BCUT2D eigenvalue weighted by molar-refractivity contribution is 0.0317. The molecule has 0 saturated carbocycles. The van der Waals surface area contributed by atoms with Crippen molar-refractivity contribution < 1.29 is 10.2 Å². The Morgan fingerprint density at radius 3 is 2.33 bits per heavy atom. The van der Waals surface area contributed by atoms with Gasteiger partial charge in [0.25, 0.3) is 0 Å². The molecule has 0 aliphatic heterocycles. The SMILES string of the molecule is CC(NCC(C)(O)CN(C)C)c1ccc(O)cc1. The first-order valence-electron chi connectivity index (χ1n) is 6.19. The molecule has 4 nitrogen and oxygen atoms in total. The molecule has 0 radical (unpaired) electrons. The molecule has 1 aromatic rings. The minimum atomic E-state index is -0.755. The van der Waals surface area contributed by atoms with E-state index >= 15 is 0 Å². The van der Waals surface area contributed by atoms with E-state index in [9.17, 15) is 10.2 Å². The van der Waals surface area contributed by atoms with E-state index in [0.29, 0.717) is 13.1 Å². The van der Waals surface area contributed by atoms with Gasteiger partial charge in [0.2, 0.25) is 0 Å². The Hall–Kier alpha value is -1.10. The monoisotopic (exact) mass is 252 g/mol. The molecule has 0 heterocycles. The van der Waals surface area contributed by atoms with Crippen molar-refractivity contribution in [3.8, 4) is 5.75 Å². The highest BCUT2D eigenvalue weighted by atomic mass is 16.3. The van der Waals surface area contributed by atoms with Crippen LogP contribution in [0.4, 0.5) is 0 Å². The third-order valence-corrected chi connectivity index (χ3v) is 2.84. The molecule has 0 aliphatic carbocycles. The van der Waals surface area contributed by atoms with Crippen molar-refractivity contribution in [2.24, 2.45) is 0 Å². The van der Waals surface area contributed by atoms with Crippen molar-refractivity contribution in [1.29, 1.82) is 0 Å². The quantitative estimate of drug-likeness (QED) is 0.715. The lowest BCUT2D eigenvalue weighted by atomic mass is 10.0. The average molecular weight is 252 g/mol. The fourth-order valence-electron chi connectivity index (χ4n) is 1.99. The van der Waals surface area contributed by atoms with Crippen LogP contribution in [-0.2, 0) is 0 Å². The van der Waals surface area contributed by atoms with Crippen LogP contribution < -0.4 is 5.32 Å². The fourth-order valence-corrected chi connectivity index (χ4v) is 1.99. The molecule has 2 unspecified atom stereocenters. The highest BCUT2D eigenvalue weighted by Crippen LogP contribution is 2.17. The van der Waals surface area contributed by atoms with Gasteiger partial charge < -0.3 is 20.4 Å². The van der Waals surface area contributed by atoms with Gasteiger partial charge in [-0.3, -0.25) is 0 Å². The molecule has 0 saturated heterocycles. The normalized spacial score (nSPS) is 16.6. The molecule has 2 atom stereocenters. The summed E-state index contributed by atoms with van der Waals surface area (Å²) in [5, 5.41) is 22.7. The van der Waals surface area contributed by atoms with Gasteiger partial charge in [0.05, 0.1) is 5.60 Å². The molecule has 1 rings (SSSR count). The standard InChI is InChI=1S/C14H24N2O2/c1-11(12-5-7-13(17)8-6-12)15-9-14(2,18)10-16(3)4/h5-8,11,15,17-18H,9-10H2,1-4H3. The lowest BCUT2D eigenvalue weighted by Crippen LogP contribution is -2.46. The van der Waals surface area contributed by atoms with Crippen LogP contribution in [0.5, 0.6) is 5.75 Å². The van der Waals surface area contributed by atoms with E-state index in [0.717, 1.165) is 5.56 Å². The Morgan fingerprint density at radius 2 is 1.83 bits per heavy atom. The molecule has 102 valence electrons. The number of phenols is 1. The Labute approximate surface area is 109 Å². The molecule has 0 aromatic heterocycles. The molecule has 3 N–H and O–H groups in total. The van der Waals surface area contributed by atoms with Crippen LogP contribution in [0, 0.1) is 0 Å². The van der Waals surface area contributed by atoms with Crippen molar-refractivity contribution in [2.45, 2.75) is 25.5 Å². The first-order valence-corrected chi connectivity index (χ1v) is 6.19. The fraction of sp³-hybridized carbons (Fsp3) is 0.571. The smallest absolute Gasteiger partial charge is 0.115 e. The summed E-state index contributed by atoms with van der Waals surface area (Å²) in [7, 11) is 3.88. The van der Waals surface area contributed by atoms with Crippen LogP contribution in [-0.4, -0.2) is 47.9 Å². The third kappa shape index (κ3) is 5.04. The highest BCUT2D eigenvalue weighted by Gasteiger charge is 2.21. The van der Waals surface area contributed by atoms with Gasteiger partial charge in [-0.2, -0.15) is 0 Å². The number of aromatic hydroxyl groups is 1. The summed E-state index contributed by atoms with van der Waals surface area (Å²) in [5.74, 6) is 0.269. The zero-order valence-corrected chi connectivity index (χ0v) is 11.6. The van der Waals surface area contributed by atoms with E-state index in [4.69, 9.17) is 0 Å². The van der Waals surface area contributed by atoms with Gasteiger partial charge in [0.15, 0.2) is 0 Å². The number of hydrogen-bond acceptors (Lipinski definition) is 4. The first-order chi connectivity index (χ1) is 8.30. The van der Waals surface area contributed by atoms with E-state index in [2.05, 4.69) is 5.32 Å². The maximum Gasteiger partial charge on any atom is 0.115 e. The summed E-state index contributed by atoms with van der Waals surface area (Å²) in [6, 6.07) is 7.25. The number of hydrogen-bond donors (Lipinski definition) is 3. The molecule has 0 aliphatic rings. The number of rotatable bonds is 6. The molecule has 1 aromatic carbocycles. The van der Waals surface area contributed by atoms with Crippen LogP contribution in [0.25, 0.3) is 0 Å². The van der Waals surface area contributed by atoms with Gasteiger partial charge in [-0.15, -0.1) is 0 Å². The highest BCUT2D eigenvalue weighted by molar-refractivity contribution is 5.27. The Bertz CT molecular complexity index is 361. The van der Waals surface area contributed by atoms with Crippen molar-refractivity contribution in [3.63, 3.8) is 0 Å². The van der Waals surface area contributed by atoms with Crippen LogP contribution >= 0.6 is 0 Å². The third-order valence-electron chi connectivity index (χ3n) is 2.84. The van der Waals surface area contributed by atoms with Crippen molar-refractivity contribution >= 4 is 0 Å². The predicted octanol–water partition coefficient (Wildman–Crippen LogP) is 1.36. The maximum absolute atomic E-state index is 10.2. The summed E-state index contributed by atoms with van der Waals surface area (Å²) in [5.41, 5.74) is 0.336. The second kappa shape index (κ2) is 6.18. The van der Waals surface area contributed by atoms with Crippen LogP contribution in [0.1, 0.15) is 25.5 Å². The number of phenolic OH excluding ortho intramolecular Hbond substituents is 1. The minimum Gasteiger partial charge on any atom is -0.508 e. The summed E-state index contributed by atoms with van der Waals surface area (Å²) >= 11 is 0. The van der Waals surface area contributed by atoms with E-state index in [1.807, 2.05) is 45.0 Å². The van der Waals surface area contributed by atoms with Gasteiger partial charge in [0.1, 0.15) is 5.75 Å². The zero-order valence-electron chi connectivity index (χ0n) is 11.6. The van der Waals surface area contributed by atoms with Crippen LogP contribution in [0.2, 0.25) is 0 Å². The first kappa shape index (κ1) is 15.0. The molecular formula is C14H24N2O2. The van der Waals surface area contributed by atoms with E-state index in [-0.39, 0.29) is 11.8 Å². The van der Waals surface area contributed by atoms with Gasteiger partial charge in [-0.25, -0.2) is 0 Å². The summed E-state index contributed by atoms with van der Waals surface area (Å²) in [6.45, 7) is 5.00. The van der Waals surface area contributed by atoms with Crippen molar-refractivity contribution in [1.82, 2.24) is 10.2 Å². The van der Waals surface area contributed by atoms with Gasteiger partial charge in [0, 0.05) is 19.1 Å².